The summed E-state index contributed by atoms with van der Waals surface area (Å²) in [7, 11) is -4.09. The monoisotopic (exact) mass is 360 g/mol. The van der Waals surface area contributed by atoms with Gasteiger partial charge in [0.15, 0.2) is 0 Å². The van der Waals surface area contributed by atoms with Crippen LogP contribution in [0.4, 0.5) is 4.39 Å². The zero-order chi connectivity index (χ0) is 17.9. The Labute approximate surface area is 137 Å². The number of carbonyl (C=O) groups excluding carboxylic acids is 1. The molecule has 1 aromatic rings. The molecule has 1 heterocycles. The molecular weight excluding hydrogens is 343 g/mol. The molecule has 0 radical (unpaired) electrons. The van der Waals surface area contributed by atoms with Crippen LogP contribution in [0.25, 0.3) is 0 Å². The van der Waals surface area contributed by atoms with E-state index in [1.807, 2.05) is 0 Å². The van der Waals surface area contributed by atoms with Crippen molar-refractivity contribution >= 4 is 21.9 Å². The first-order valence-corrected chi connectivity index (χ1v) is 8.61. The van der Waals surface area contributed by atoms with Crippen LogP contribution in [0, 0.1) is 5.82 Å². The summed E-state index contributed by atoms with van der Waals surface area (Å²) < 4.78 is 39.0. The molecule has 0 aliphatic carbocycles. The highest BCUT2D eigenvalue weighted by atomic mass is 32.2. The van der Waals surface area contributed by atoms with Crippen LogP contribution in [0.2, 0.25) is 0 Å². The number of aliphatic hydroxyl groups excluding tert-OH is 1. The molecule has 0 saturated carbocycles. The van der Waals surface area contributed by atoms with Gasteiger partial charge in [0.05, 0.1) is 17.4 Å². The molecule has 8 nitrogen and oxygen atoms in total. The van der Waals surface area contributed by atoms with Crippen LogP contribution in [0.1, 0.15) is 12.8 Å². The minimum absolute atomic E-state index is 0.0979. The number of benzene rings is 1. The molecule has 2 rings (SSSR count). The normalized spacial score (nSPS) is 21.6. The van der Waals surface area contributed by atoms with Gasteiger partial charge in [0.1, 0.15) is 11.9 Å². The zero-order valence-electron chi connectivity index (χ0n) is 12.6. The second-order valence-corrected chi connectivity index (χ2v) is 7.26. The van der Waals surface area contributed by atoms with Crippen LogP contribution < -0.4 is 5.32 Å². The van der Waals surface area contributed by atoms with Crippen molar-refractivity contribution in [2.75, 3.05) is 13.1 Å². The number of aliphatic hydroxyl groups is 1. The first kappa shape index (κ1) is 18.3. The number of nitrogens with zero attached hydrogens (tertiary/aromatic N) is 1. The molecule has 0 aromatic heterocycles. The van der Waals surface area contributed by atoms with Crippen LogP contribution in [0.15, 0.2) is 29.2 Å². The van der Waals surface area contributed by atoms with Crippen LogP contribution in [0.3, 0.4) is 0 Å². The summed E-state index contributed by atoms with van der Waals surface area (Å²) in [4.78, 5) is 22.4. The number of hydrogen-bond donors (Lipinski definition) is 3. The molecule has 2 atom stereocenters. The summed E-state index contributed by atoms with van der Waals surface area (Å²) in [5, 5.41) is 20.6. The summed E-state index contributed by atoms with van der Waals surface area (Å²) in [6.45, 7) is -0.415. The second-order valence-electron chi connectivity index (χ2n) is 5.37. The topological polar surface area (TPSA) is 124 Å². The maximum Gasteiger partial charge on any atom is 0.305 e. The van der Waals surface area contributed by atoms with E-state index in [4.69, 9.17) is 5.11 Å². The summed E-state index contributed by atoms with van der Waals surface area (Å²) in [5.74, 6) is -2.38. The Hall–Kier alpha value is -2.04. The number of rotatable bonds is 6. The van der Waals surface area contributed by atoms with Crippen molar-refractivity contribution in [3.8, 4) is 0 Å². The number of amides is 1. The number of β-amino-alcohol motifs (C(OH)–C–C–N with tert-alkyl or cyclic N) is 1. The number of halogens is 1. The highest BCUT2D eigenvalue weighted by Crippen LogP contribution is 2.26. The van der Waals surface area contributed by atoms with Crippen molar-refractivity contribution < 1.29 is 32.6 Å². The Morgan fingerprint density at radius 3 is 2.50 bits per heavy atom. The predicted molar refractivity (Wildman–Crippen MR) is 80.0 cm³/mol. The van der Waals surface area contributed by atoms with Gasteiger partial charge in [0.2, 0.25) is 15.9 Å². The number of carbonyl (C=O) groups is 2. The summed E-state index contributed by atoms with van der Waals surface area (Å²) >= 11 is 0. The van der Waals surface area contributed by atoms with E-state index in [1.165, 1.54) is 0 Å². The fourth-order valence-corrected chi connectivity index (χ4v) is 4.08. The van der Waals surface area contributed by atoms with Gasteiger partial charge in [-0.15, -0.1) is 0 Å². The molecule has 1 aliphatic heterocycles. The number of carboxylic acid groups (broad SMARTS) is 1. The van der Waals surface area contributed by atoms with Crippen molar-refractivity contribution in [2.45, 2.75) is 29.9 Å². The summed E-state index contributed by atoms with van der Waals surface area (Å²) in [5.41, 5.74) is 0. The van der Waals surface area contributed by atoms with Gasteiger partial charge >= 0.3 is 5.97 Å². The van der Waals surface area contributed by atoms with Crippen molar-refractivity contribution in [3.63, 3.8) is 0 Å². The van der Waals surface area contributed by atoms with Gasteiger partial charge in [-0.1, -0.05) is 0 Å². The van der Waals surface area contributed by atoms with E-state index >= 15 is 0 Å². The molecule has 1 amide bonds. The van der Waals surface area contributed by atoms with Gasteiger partial charge in [-0.2, -0.15) is 4.31 Å². The van der Waals surface area contributed by atoms with E-state index in [1.54, 1.807) is 0 Å². The highest BCUT2D eigenvalue weighted by molar-refractivity contribution is 7.89. The lowest BCUT2D eigenvalue weighted by Gasteiger charge is -2.23. The molecule has 0 bridgehead atoms. The fraction of sp³-hybridized carbons (Fsp3) is 0.429. The third-order valence-electron chi connectivity index (χ3n) is 3.59. The predicted octanol–water partition coefficient (Wildman–Crippen LogP) is -0.460. The third kappa shape index (κ3) is 4.08. The molecule has 3 N–H and O–H groups in total. The molecule has 0 unspecified atom stereocenters. The zero-order valence-corrected chi connectivity index (χ0v) is 13.4. The largest absolute Gasteiger partial charge is 0.481 e. The standard InChI is InChI=1S/C14H17FN2O6S/c15-9-1-3-11(4-2-9)24(22,23)17-8-10(18)7-12(17)14(21)16-6-5-13(19)20/h1-4,10,12,18H,5-8H2,(H,16,21)(H,19,20)/t10-,12-/m0/s1. The molecule has 1 fully saturated rings. The Morgan fingerprint density at radius 2 is 1.92 bits per heavy atom. The maximum absolute atomic E-state index is 13.0. The molecular formula is C14H17FN2O6S. The average molecular weight is 360 g/mol. The molecule has 1 aromatic carbocycles. The van der Waals surface area contributed by atoms with E-state index in [-0.39, 0.29) is 30.8 Å². The minimum Gasteiger partial charge on any atom is -0.481 e. The van der Waals surface area contributed by atoms with Crippen molar-refractivity contribution in [1.82, 2.24) is 9.62 Å². The Kier molecular flexibility index (Phi) is 5.52. The van der Waals surface area contributed by atoms with Gasteiger partial charge in [-0.25, -0.2) is 12.8 Å². The van der Waals surface area contributed by atoms with Gasteiger partial charge in [-0.3, -0.25) is 9.59 Å². The Morgan fingerprint density at radius 1 is 1.29 bits per heavy atom. The van der Waals surface area contributed by atoms with E-state index in [9.17, 15) is 27.5 Å². The fourth-order valence-electron chi connectivity index (χ4n) is 2.44. The molecule has 132 valence electrons. The molecule has 10 heteroatoms. The Balaban J connectivity index is 2.18. The van der Waals surface area contributed by atoms with E-state index in [0.717, 1.165) is 28.6 Å². The van der Waals surface area contributed by atoms with Gasteiger partial charge < -0.3 is 15.5 Å². The second kappa shape index (κ2) is 7.24. The smallest absolute Gasteiger partial charge is 0.305 e. The lowest BCUT2D eigenvalue weighted by molar-refractivity contribution is -0.137. The van der Waals surface area contributed by atoms with E-state index in [2.05, 4.69) is 5.32 Å². The number of carboxylic acids is 1. The molecule has 1 aliphatic rings. The number of sulfonamides is 1. The van der Waals surface area contributed by atoms with E-state index < -0.39 is 39.9 Å². The number of hydrogen-bond acceptors (Lipinski definition) is 5. The SMILES string of the molecule is O=C(O)CCNC(=O)[C@@H]1C[C@H](O)CN1S(=O)(=O)c1ccc(F)cc1. The average Bonchev–Trinajstić information content (AvgIpc) is 2.90. The first-order chi connectivity index (χ1) is 11.2. The van der Waals surface area contributed by atoms with Crippen molar-refractivity contribution in [2.24, 2.45) is 0 Å². The van der Waals surface area contributed by atoms with Gasteiger partial charge in [0.25, 0.3) is 0 Å². The lowest BCUT2D eigenvalue weighted by atomic mass is 10.2. The van der Waals surface area contributed by atoms with Crippen LogP contribution >= 0.6 is 0 Å². The third-order valence-corrected chi connectivity index (χ3v) is 5.48. The number of aliphatic carboxylic acids is 1. The van der Waals surface area contributed by atoms with Crippen LogP contribution in [-0.4, -0.2) is 60.0 Å². The van der Waals surface area contributed by atoms with Crippen LogP contribution in [-0.2, 0) is 19.6 Å². The van der Waals surface area contributed by atoms with Crippen molar-refractivity contribution in [3.05, 3.63) is 30.1 Å². The first-order valence-electron chi connectivity index (χ1n) is 7.17. The van der Waals surface area contributed by atoms with Crippen LogP contribution in [0.5, 0.6) is 0 Å². The van der Waals surface area contributed by atoms with Crippen molar-refractivity contribution in [1.29, 1.82) is 0 Å². The molecule has 1 saturated heterocycles. The molecule has 0 spiro atoms. The number of nitrogens with one attached hydrogen (secondary N) is 1. The highest BCUT2D eigenvalue weighted by Gasteiger charge is 2.43. The van der Waals surface area contributed by atoms with Gasteiger partial charge in [-0.05, 0) is 24.3 Å². The minimum atomic E-state index is -4.09. The van der Waals surface area contributed by atoms with E-state index in [0.29, 0.717) is 0 Å². The Bertz CT molecular complexity index is 721. The van der Waals surface area contributed by atoms with Gasteiger partial charge in [0, 0.05) is 19.5 Å². The lowest BCUT2D eigenvalue weighted by Crippen LogP contribution is -2.46. The summed E-state index contributed by atoms with van der Waals surface area (Å²) in [6.07, 6.45) is -1.42. The molecule has 24 heavy (non-hydrogen) atoms. The quantitative estimate of drug-likeness (QED) is 0.631. The maximum atomic E-state index is 13.0. The summed E-state index contributed by atoms with van der Waals surface area (Å²) in [6, 6.07) is 2.98.